The Bertz CT molecular complexity index is 1370. The van der Waals surface area contributed by atoms with Gasteiger partial charge in [0, 0.05) is 32.0 Å². The van der Waals surface area contributed by atoms with Gasteiger partial charge in [-0.25, -0.2) is 8.42 Å². The van der Waals surface area contributed by atoms with Gasteiger partial charge in [0.25, 0.3) is 10.0 Å². The SMILES string of the molecule is NC(=O)c1ccc(S(=O)(=O)Nc2ccc(I)c(-c3nccc4ccccc34)c2)cc1. The number of nitrogens with two attached hydrogens (primary N) is 1. The van der Waals surface area contributed by atoms with Gasteiger partial charge in [0.2, 0.25) is 5.91 Å². The summed E-state index contributed by atoms with van der Waals surface area (Å²) in [6.45, 7) is 0. The summed E-state index contributed by atoms with van der Waals surface area (Å²) >= 11 is 2.21. The summed E-state index contributed by atoms with van der Waals surface area (Å²) in [6, 6.07) is 20.6. The standard InChI is InChI=1S/C22H16IN3O3S/c23-20-10-7-16(26-30(28,29)17-8-5-15(6-9-17)22(24)27)13-19(20)21-18-4-2-1-3-14(18)11-12-25-21/h1-13,26H,(H2,24,27). The number of primary amides is 1. The average molecular weight is 529 g/mol. The molecule has 0 fully saturated rings. The monoisotopic (exact) mass is 529 g/mol. The van der Waals surface area contributed by atoms with Crippen LogP contribution < -0.4 is 10.5 Å². The number of amides is 1. The Kier molecular flexibility index (Phi) is 5.44. The summed E-state index contributed by atoms with van der Waals surface area (Å²) in [6.07, 6.45) is 1.74. The van der Waals surface area contributed by atoms with Crippen LogP contribution >= 0.6 is 22.6 Å². The number of fused-ring (bicyclic) bond motifs is 1. The smallest absolute Gasteiger partial charge is 0.261 e. The van der Waals surface area contributed by atoms with Gasteiger partial charge in [-0.15, -0.1) is 0 Å². The second kappa shape index (κ2) is 8.04. The van der Waals surface area contributed by atoms with Crippen molar-refractivity contribution < 1.29 is 13.2 Å². The number of halogens is 1. The fourth-order valence-electron chi connectivity index (χ4n) is 3.12. The lowest BCUT2D eigenvalue weighted by Gasteiger charge is -2.12. The second-order valence-corrected chi connectivity index (χ2v) is 9.41. The molecule has 4 aromatic rings. The molecule has 1 aromatic heterocycles. The normalized spacial score (nSPS) is 11.4. The molecule has 30 heavy (non-hydrogen) atoms. The number of carbonyl (C=O) groups is 1. The Morgan fingerprint density at radius 3 is 2.43 bits per heavy atom. The van der Waals surface area contributed by atoms with E-state index in [0.717, 1.165) is 25.6 Å². The van der Waals surface area contributed by atoms with Gasteiger partial charge in [-0.05, 0) is 76.5 Å². The third-order valence-electron chi connectivity index (χ3n) is 4.60. The summed E-state index contributed by atoms with van der Waals surface area (Å²) in [4.78, 5) is 15.8. The summed E-state index contributed by atoms with van der Waals surface area (Å²) in [5.74, 6) is -0.614. The van der Waals surface area contributed by atoms with Gasteiger partial charge in [-0.2, -0.15) is 0 Å². The molecular weight excluding hydrogens is 513 g/mol. The van der Waals surface area contributed by atoms with Crippen LogP contribution in [0, 0.1) is 3.57 Å². The van der Waals surface area contributed by atoms with E-state index in [1.54, 1.807) is 18.3 Å². The quantitative estimate of drug-likeness (QED) is 0.374. The summed E-state index contributed by atoms with van der Waals surface area (Å²) < 4.78 is 29.1. The molecule has 0 radical (unpaired) electrons. The molecule has 0 saturated heterocycles. The molecule has 0 spiro atoms. The third kappa shape index (κ3) is 4.01. The molecule has 0 saturated carbocycles. The summed E-state index contributed by atoms with van der Waals surface area (Å²) in [7, 11) is -3.84. The largest absolute Gasteiger partial charge is 0.366 e. The van der Waals surface area contributed by atoms with Crippen molar-refractivity contribution >= 4 is 55.0 Å². The van der Waals surface area contributed by atoms with Crippen LogP contribution in [0.2, 0.25) is 0 Å². The maximum Gasteiger partial charge on any atom is 0.261 e. The minimum atomic E-state index is -3.84. The van der Waals surface area contributed by atoms with E-state index in [1.807, 2.05) is 36.4 Å². The van der Waals surface area contributed by atoms with Gasteiger partial charge < -0.3 is 5.73 Å². The first kappa shape index (κ1) is 20.3. The van der Waals surface area contributed by atoms with Crippen LogP contribution in [0.3, 0.4) is 0 Å². The second-order valence-electron chi connectivity index (χ2n) is 6.57. The minimum Gasteiger partial charge on any atom is -0.366 e. The lowest BCUT2D eigenvalue weighted by atomic mass is 10.0. The molecule has 0 aliphatic rings. The molecule has 150 valence electrons. The summed E-state index contributed by atoms with van der Waals surface area (Å²) in [5.41, 5.74) is 7.48. The highest BCUT2D eigenvalue weighted by Crippen LogP contribution is 2.32. The molecule has 8 heteroatoms. The van der Waals surface area contributed by atoms with Gasteiger partial charge in [0.15, 0.2) is 0 Å². The number of benzene rings is 3. The van der Waals surface area contributed by atoms with Crippen molar-refractivity contribution in [2.75, 3.05) is 4.72 Å². The number of aromatic nitrogens is 1. The molecule has 0 unspecified atom stereocenters. The van der Waals surface area contributed by atoms with E-state index in [2.05, 4.69) is 32.3 Å². The molecule has 0 atom stereocenters. The maximum atomic E-state index is 12.8. The highest BCUT2D eigenvalue weighted by atomic mass is 127. The predicted molar refractivity (Wildman–Crippen MR) is 126 cm³/mol. The Labute approximate surface area is 187 Å². The zero-order valence-corrected chi connectivity index (χ0v) is 18.5. The van der Waals surface area contributed by atoms with Crippen molar-refractivity contribution in [3.05, 3.63) is 88.1 Å². The Balaban J connectivity index is 1.72. The first-order chi connectivity index (χ1) is 14.3. The fraction of sp³-hybridized carbons (Fsp3) is 0. The van der Waals surface area contributed by atoms with Gasteiger partial charge in [-0.1, -0.05) is 24.3 Å². The first-order valence-corrected chi connectivity index (χ1v) is 11.5. The van der Waals surface area contributed by atoms with Crippen molar-refractivity contribution in [2.45, 2.75) is 4.90 Å². The molecule has 0 aliphatic carbocycles. The third-order valence-corrected chi connectivity index (χ3v) is 6.93. The van der Waals surface area contributed by atoms with E-state index in [4.69, 9.17) is 5.73 Å². The van der Waals surface area contributed by atoms with E-state index in [1.165, 1.54) is 24.3 Å². The van der Waals surface area contributed by atoms with E-state index >= 15 is 0 Å². The number of hydrogen-bond donors (Lipinski definition) is 2. The number of nitrogens with zero attached hydrogens (tertiary/aromatic N) is 1. The van der Waals surface area contributed by atoms with Crippen LogP contribution in [-0.4, -0.2) is 19.3 Å². The molecule has 6 nitrogen and oxygen atoms in total. The van der Waals surface area contributed by atoms with Gasteiger partial charge in [0.1, 0.15) is 0 Å². The molecule has 3 aromatic carbocycles. The number of pyridine rings is 1. The topological polar surface area (TPSA) is 102 Å². The zero-order valence-electron chi connectivity index (χ0n) is 15.5. The molecular formula is C22H16IN3O3S. The number of carbonyl (C=O) groups excluding carboxylic acids is 1. The minimum absolute atomic E-state index is 0.0379. The molecule has 0 bridgehead atoms. The van der Waals surface area contributed by atoms with Crippen LogP contribution in [0.1, 0.15) is 10.4 Å². The van der Waals surface area contributed by atoms with E-state index < -0.39 is 15.9 Å². The molecule has 4 rings (SSSR count). The van der Waals surface area contributed by atoms with Crippen LogP contribution in [-0.2, 0) is 10.0 Å². The Morgan fingerprint density at radius 2 is 1.70 bits per heavy atom. The van der Waals surface area contributed by atoms with Crippen LogP contribution in [0.25, 0.3) is 22.0 Å². The fourth-order valence-corrected chi connectivity index (χ4v) is 4.76. The highest BCUT2D eigenvalue weighted by molar-refractivity contribution is 14.1. The lowest BCUT2D eigenvalue weighted by molar-refractivity contribution is 0.1000. The van der Waals surface area contributed by atoms with Gasteiger partial charge in [0.05, 0.1) is 10.6 Å². The average Bonchev–Trinajstić information content (AvgIpc) is 2.74. The Hall–Kier alpha value is -2.98. The van der Waals surface area contributed by atoms with Crippen molar-refractivity contribution in [1.82, 2.24) is 4.98 Å². The molecule has 3 N–H and O–H groups in total. The maximum absolute atomic E-state index is 12.8. The lowest BCUT2D eigenvalue weighted by Crippen LogP contribution is -2.14. The number of anilines is 1. The van der Waals surface area contributed by atoms with Gasteiger partial charge in [-0.3, -0.25) is 14.5 Å². The van der Waals surface area contributed by atoms with Crippen LogP contribution in [0.5, 0.6) is 0 Å². The van der Waals surface area contributed by atoms with Crippen molar-refractivity contribution in [2.24, 2.45) is 5.73 Å². The number of hydrogen-bond acceptors (Lipinski definition) is 4. The Morgan fingerprint density at radius 1 is 0.967 bits per heavy atom. The molecule has 0 aliphatic heterocycles. The van der Waals surface area contributed by atoms with Gasteiger partial charge >= 0.3 is 0 Å². The summed E-state index contributed by atoms with van der Waals surface area (Å²) in [5, 5.41) is 2.04. The highest BCUT2D eigenvalue weighted by Gasteiger charge is 2.17. The molecule has 1 amide bonds. The first-order valence-electron chi connectivity index (χ1n) is 8.91. The van der Waals surface area contributed by atoms with Crippen molar-refractivity contribution in [1.29, 1.82) is 0 Å². The molecule has 1 heterocycles. The number of rotatable bonds is 5. The zero-order chi connectivity index (χ0) is 21.3. The van der Waals surface area contributed by atoms with Crippen molar-refractivity contribution in [3.63, 3.8) is 0 Å². The van der Waals surface area contributed by atoms with Crippen LogP contribution in [0.4, 0.5) is 5.69 Å². The van der Waals surface area contributed by atoms with Crippen LogP contribution in [0.15, 0.2) is 83.9 Å². The van der Waals surface area contributed by atoms with E-state index in [-0.39, 0.29) is 10.5 Å². The number of sulfonamides is 1. The predicted octanol–water partition coefficient (Wildman–Crippen LogP) is 4.41. The van der Waals surface area contributed by atoms with E-state index in [0.29, 0.717) is 5.69 Å². The van der Waals surface area contributed by atoms with E-state index in [9.17, 15) is 13.2 Å². The van der Waals surface area contributed by atoms with Crippen molar-refractivity contribution in [3.8, 4) is 11.3 Å². The number of nitrogens with one attached hydrogen (secondary N) is 1.